The first-order chi connectivity index (χ1) is 9.67. The van der Waals surface area contributed by atoms with Crippen LogP contribution in [0.25, 0.3) is 0 Å². The van der Waals surface area contributed by atoms with Gasteiger partial charge >= 0.3 is 0 Å². The number of nitrogens with zero attached hydrogens (tertiary/aromatic N) is 1. The van der Waals surface area contributed by atoms with Crippen LogP contribution in [0.1, 0.15) is 19.3 Å². The Bertz CT molecular complexity index is 434. The molecular weight excluding hydrogens is 259 g/mol. The summed E-state index contributed by atoms with van der Waals surface area (Å²) in [5.74, 6) is 0.0829. The van der Waals surface area contributed by atoms with Crippen molar-refractivity contribution < 1.29 is 14.3 Å². The molecule has 1 aromatic carbocycles. The number of carbonyl (C=O) groups is 1. The zero-order chi connectivity index (χ0) is 14.4. The van der Waals surface area contributed by atoms with Crippen molar-refractivity contribution in [2.75, 3.05) is 31.6 Å². The molecule has 0 radical (unpaired) electrons. The molecule has 1 atom stereocenters. The Morgan fingerprint density at radius 2 is 2.15 bits per heavy atom. The minimum atomic E-state index is -0.314. The molecule has 0 saturated carbocycles. The van der Waals surface area contributed by atoms with Gasteiger partial charge in [0.15, 0.2) is 0 Å². The number of piperidine rings is 1. The highest BCUT2D eigenvalue weighted by atomic mass is 19.1. The lowest BCUT2D eigenvalue weighted by Crippen LogP contribution is -2.40. The van der Waals surface area contributed by atoms with E-state index in [1.54, 1.807) is 12.1 Å². The molecular formula is C15H21FN2O2. The van der Waals surface area contributed by atoms with Gasteiger partial charge in [-0.3, -0.25) is 9.69 Å². The van der Waals surface area contributed by atoms with Crippen molar-refractivity contribution in [2.24, 2.45) is 5.92 Å². The van der Waals surface area contributed by atoms with Crippen molar-refractivity contribution in [2.45, 2.75) is 19.3 Å². The summed E-state index contributed by atoms with van der Waals surface area (Å²) in [6.07, 6.45) is 2.99. The minimum absolute atomic E-state index is 0.0822. The van der Waals surface area contributed by atoms with Crippen LogP contribution in [0.5, 0.6) is 0 Å². The number of benzene rings is 1. The zero-order valence-electron chi connectivity index (χ0n) is 11.5. The molecule has 5 heteroatoms. The van der Waals surface area contributed by atoms with E-state index < -0.39 is 0 Å². The first kappa shape index (κ1) is 14.9. The fourth-order valence-corrected chi connectivity index (χ4v) is 2.65. The van der Waals surface area contributed by atoms with Crippen LogP contribution in [-0.4, -0.2) is 42.2 Å². The summed E-state index contributed by atoms with van der Waals surface area (Å²) in [4.78, 5) is 14.0. The zero-order valence-corrected chi connectivity index (χ0v) is 11.5. The molecule has 1 aromatic rings. The number of rotatable bonds is 5. The van der Waals surface area contributed by atoms with Crippen LogP contribution < -0.4 is 5.32 Å². The van der Waals surface area contributed by atoms with Gasteiger partial charge in [0, 0.05) is 18.8 Å². The van der Waals surface area contributed by atoms with Crippen LogP contribution in [0.15, 0.2) is 24.3 Å². The summed E-state index contributed by atoms with van der Waals surface area (Å²) in [6, 6.07) is 5.76. The van der Waals surface area contributed by atoms with Crippen LogP contribution in [0, 0.1) is 11.7 Å². The number of amides is 1. The monoisotopic (exact) mass is 280 g/mol. The van der Waals surface area contributed by atoms with E-state index in [2.05, 4.69) is 10.2 Å². The summed E-state index contributed by atoms with van der Waals surface area (Å²) in [5.41, 5.74) is 0.611. The maximum absolute atomic E-state index is 12.8. The van der Waals surface area contributed by atoms with Crippen molar-refractivity contribution in [1.29, 1.82) is 0 Å². The molecule has 4 nitrogen and oxygen atoms in total. The van der Waals surface area contributed by atoms with Gasteiger partial charge in [-0.2, -0.15) is 0 Å². The molecule has 0 aliphatic carbocycles. The molecule has 1 fully saturated rings. The lowest BCUT2D eigenvalue weighted by molar-refractivity contribution is -0.117. The van der Waals surface area contributed by atoms with Gasteiger partial charge < -0.3 is 10.4 Å². The summed E-state index contributed by atoms with van der Waals surface area (Å²) in [7, 11) is 0. The number of nitrogens with one attached hydrogen (secondary N) is 1. The number of hydrogen-bond acceptors (Lipinski definition) is 3. The van der Waals surface area contributed by atoms with Gasteiger partial charge in [0.05, 0.1) is 6.54 Å². The van der Waals surface area contributed by atoms with Gasteiger partial charge in [0.2, 0.25) is 5.91 Å². The lowest BCUT2D eigenvalue weighted by Gasteiger charge is -2.31. The summed E-state index contributed by atoms with van der Waals surface area (Å²) in [6.45, 7) is 2.33. The smallest absolute Gasteiger partial charge is 0.238 e. The quantitative estimate of drug-likeness (QED) is 0.865. The first-order valence-corrected chi connectivity index (χ1v) is 7.06. The number of anilines is 1. The van der Waals surface area contributed by atoms with E-state index in [1.165, 1.54) is 12.1 Å². The summed E-state index contributed by atoms with van der Waals surface area (Å²) < 4.78 is 12.8. The molecule has 110 valence electrons. The van der Waals surface area contributed by atoms with Gasteiger partial charge in [-0.05, 0) is 56.0 Å². The normalized spacial score (nSPS) is 19.8. The fraction of sp³-hybridized carbons (Fsp3) is 0.533. The van der Waals surface area contributed by atoms with Crippen molar-refractivity contribution >= 4 is 11.6 Å². The number of likely N-dealkylation sites (tertiary alicyclic amines) is 1. The van der Waals surface area contributed by atoms with Gasteiger partial charge in [0.1, 0.15) is 5.82 Å². The Labute approximate surface area is 118 Å². The van der Waals surface area contributed by atoms with Crippen LogP contribution in [0.4, 0.5) is 10.1 Å². The van der Waals surface area contributed by atoms with E-state index in [-0.39, 0.29) is 18.3 Å². The molecule has 1 amide bonds. The second kappa shape index (κ2) is 7.36. The number of carbonyl (C=O) groups excluding carboxylic acids is 1. The second-order valence-corrected chi connectivity index (χ2v) is 5.31. The van der Waals surface area contributed by atoms with E-state index in [0.29, 0.717) is 18.2 Å². The average Bonchev–Trinajstić information content (AvgIpc) is 2.42. The van der Waals surface area contributed by atoms with Gasteiger partial charge in [0.25, 0.3) is 0 Å². The van der Waals surface area contributed by atoms with E-state index in [9.17, 15) is 9.18 Å². The molecule has 0 bridgehead atoms. The SMILES string of the molecule is O=C(CN1CCCC(CCO)C1)Nc1ccc(F)cc1. The topological polar surface area (TPSA) is 52.6 Å². The van der Waals surface area contributed by atoms with E-state index in [1.807, 2.05) is 0 Å². The minimum Gasteiger partial charge on any atom is -0.396 e. The van der Waals surface area contributed by atoms with Crippen molar-refractivity contribution in [3.05, 3.63) is 30.1 Å². The molecule has 2 N–H and O–H groups in total. The van der Waals surface area contributed by atoms with E-state index in [4.69, 9.17) is 5.11 Å². The van der Waals surface area contributed by atoms with Crippen molar-refractivity contribution in [3.8, 4) is 0 Å². The number of aliphatic hydroxyl groups is 1. The molecule has 1 aliphatic rings. The number of aliphatic hydroxyl groups excluding tert-OH is 1. The molecule has 1 saturated heterocycles. The average molecular weight is 280 g/mol. The molecule has 1 aliphatic heterocycles. The fourth-order valence-electron chi connectivity index (χ4n) is 2.65. The molecule has 1 unspecified atom stereocenters. The number of hydrogen-bond donors (Lipinski definition) is 2. The lowest BCUT2D eigenvalue weighted by atomic mass is 9.95. The molecule has 0 aromatic heterocycles. The van der Waals surface area contributed by atoms with Crippen LogP contribution in [0.2, 0.25) is 0 Å². The second-order valence-electron chi connectivity index (χ2n) is 5.31. The third kappa shape index (κ3) is 4.58. The summed E-state index contributed by atoms with van der Waals surface area (Å²) >= 11 is 0. The third-order valence-electron chi connectivity index (χ3n) is 3.64. The maximum Gasteiger partial charge on any atom is 0.238 e. The summed E-state index contributed by atoms with van der Waals surface area (Å²) in [5, 5.41) is 11.7. The highest BCUT2D eigenvalue weighted by molar-refractivity contribution is 5.92. The van der Waals surface area contributed by atoms with Crippen LogP contribution in [-0.2, 0) is 4.79 Å². The highest BCUT2D eigenvalue weighted by Crippen LogP contribution is 2.19. The highest BCUT2D eigenvalue weighted by Gasteiger charge is 2.21. The molecule has 1 heterocycles. The van der Waals surface area contributed by atoms with Crippen LogP contribution >= 0.6 is 0 Å². The molecule has 2 rings (SSSR count). The van der Waals surface area contributed by atoms with Crippen molar-refractivity contribution in [3.63, 3.8) is 0 Å². The Morgan fingerprint density at radius 1 is 1.40 bits per heavy atom. The molecule has 20 heavy (non-hydrogen) atoms. The van der Waals surface area contributed by atoms with Gasteiger partial charge in [-0.25, -0.2) is 4.39 Å². The Morgan fingerprint density at radius 3 is 2.85 bits per heavy atom. The Kier molecular flexibility index (Phi) is 5.49. The van der Waals surface area contributed by atoms with E-state index >= 15 is 0 Å². The largest absolute Gasteiger partial charge is 0.396 e. The number of halogens is 1. The first-order valence-electron chi connectivity index (χ1n) is 7.06. The standard InChI is InChI=1S/C15H21FN2O2/c16-13-3-5-14(6-4-13)17-15(20)11-18-8-1-2-12(10-18)7-9-19/h3-6,12,19H,1-2,7-11H2,(H,17,20). The Balaban J connectivity index is 1.80. The Hall–Kier alpha value is -1.46. The predicted molar refractivity (Wildman–Crippen MR) is 75.9 cm³/mol. The van der Waals surface area contributed by atoms with Gasteiger partial charge in [-0.1, -0.05) is 0 Å². The van der Waals surface area contributed by atoms with Crippen molar-refractivity contribution in [1.82, 2.24) is 4.90 Å². The predicted octanol–water partition coefficient (Wildman–Crippen LogP) is 1.86. The van der Waals surface area contributed by atoms with Crippen LogP contribution in [0.3, 0.4) is 0 Å². The third-order valence-corrected chi connectivity index (χ3v) is 3.64. The molecule has 0 spiro atoms. The van der Waals surface area contributed by atoms with E-state index in [0.717, 1.165) is 32.4 Å². The van der Waals surface area contributed by atoms with Gasteiger partial charge in [-0.15, -0.1) is 0 Å². The maximum atomic E-state index is 12.8.